The highest BCUT2D eigenvalue weighted by Gasteiger charge is 2.49. The second-order valence-electron chi connectivity index (χ2n) is 8.09. The molecule has 138 valence electrons. The third-order valence-corrected chi connectivity index (χ3v) is 6.15. The van der Waals surface area contributed by atoms with Gasteiger partial charge in [-0.1, -0.05) is 26.0 Å². The van der Waals surface area contributed by atoms with Gasteiger partial charge >= 0.3 is 0 Å². The molecule has 0 aromatic heterocycles. The minimum Gasteiger partial charge on any atom is -0.487 e. The van der Waals surface area contributed by atoms with Crippen LogP contribution in [0.2, 0.25) is 0 Å². The molecule has 1 N–H and O–H groups in total. The number of carbonyl (C=O) groups is 2. The number of fused-ring (bicyclic) bond motifs is 5. The van der Waals surface area contributed by atoms with Crippen LogP contribution in [0.4, 0.5) is 0 Å². The lowest BCUT2D eigenvalue weighted by Gasteiger charge is -2.36. The van der Waals surface area contributed by atoms with E-state index in [1.165, 1.54) is 5.56 Å². The largest absolute Gasteiger partial charge is 0.487 e. The Morgan fingerprint density at radius 1 is 1.31 bits per heavy atom. The summed E-state index contributed by atoms with van der Waals surface area (Å²) in [6, 6.07) is 4.07. The third kappa shape index (κ3) is 2.37. The molecule has 4 rings (SSSR count). The van der Waals surface area contributed by atoms with Crippen LogP contribution in [-0.4, -0.2) is 30.1 Å². The van der Waals surface area contributed by atoms with E-state index in [4.69, 9.17) is 14.6 Å². The summed E-state index contributed by atoms with van der Waals surface area (Å²) in [5, 5.41) is 8.88. The number of benzene rings is 1. The Labute approximate surface area is 153 Å². The number of rotatable bonds is 3. The number of hydrogen-bond acceptors (Lipinski definition) is 5. The number of hydrogen-bond donors (Lipinski definition) is 1. The van der Waals surface area contributed by atoms with Crippen LogP contribution < -0.4 is 0 Å². The Balaban J connectivity index is 1.83. The van der Waals surface area contributed by atoms with Crippen LogP contribution in [0, 0.1) is 5.92 Å². The molecular formula is C21H24O5. The van der Waals surface area contributed by atoms with E-state index >= 15 is 0 Å². The van der Waals surface area contributed by atoms with Crippen LogP contribution in [-0.2, 0) is 26.1 Å². The summed E-state index contributed by atoms with van der Waals surface area (Å²) in [5.41, 5.74) is 4.32. The first-order valence-corrected chi connectivity index (χ1v) is 9.16. The zero-order chi connectivity index (χ0) is 18.6. The topological polar surface area (TPSA) is 72.8 Å². The van der Waals surface area contributed by atoms with Crippen molar-refractivity contribution in [3.63, 3.8) is 0 Å². The maximum absolute atomic E-state index is 13.0. The van der Waals surface area contributed by atoms with Crippen molar-refractivity contribution < 1.29 is 24.2 Å². The maximum Gasteiger partial charge on any atom is 0.230 e. The molecule has 2 unspecified atom stereocenters. The van der Waals surface area contributed by atoms with Gasteiger partial charge in [0, 0.05) is 11.1 Å². The van der Waals surface area contributed by atoms with Crippen molar-refractivity contribution in [2.45, 2.75) is 51.6 Å². The van der Waals surface area contributed by atoms with E-state index in [2.05, 4.69) is 19.9 Å². The average Bonchev–Trinajstić information content (AvgIpc) is 2.93. The van der Waals surface area contributed by atoms with Crippen molar-refractivity contribution in [2.24, 2.45) is 5.92 Å². The summed E-state index contributed by atoms with van der Waals surface area (Å²) in [6.07, 6.45) is 2.44. The van der Waals surface area contributed by atoms with Gasteiger partial charge < -0.3 is 14.6 Å². The minimum absolute atomic E-state index is 0.00756. The lowest BCUT2D eigenvalue weighted by Crippen LogP contribution is -2.37. The first-order valence-electron chi connectivity index (χ1n) is 9.16. The molecular weight excluding hydrogens is 332 g/mol. The van der Waals surface area contributed by atoms with Gasteiger partial charge in [-0.05, 0) is 48.3 Å². The number of aliphatic hydroxyl groups excluding tert-OH is 1. The lowest BCUT2D eigenvalue weighted by atomic mass is 9.67. The summed E-state index contributed by atoms with van der Waals surface area (Å²) in [7, 11) is 0. The van der Waals surface area contributed by atoms with Crippen LogP contribution in [0.1, 0.15) is 66.8 Å². The van der Waals surface area contributed by atoms with Gasteiger partial charge in [0.25, 0.3) is 0 Å². The highest BCUT2D eigenvalue weighted by molar-refractivity contribution is 6.46. The fourth-order valence-corrected chi connectivity index (χ4v) is 4.75. The van der Waals surface area contributed by atoms with Crippen molar-refractivity contribution in [3.05, 3.63) is 45.7 Å². The Hall–Kier alpha value is -1.98. The zero-order valence-corrected chi connectivity index (χ0v) is 15.4. The van der Waals surface area contributed by atoms with Crippen LogP contribution in [0.3, 0.4) is 0 Å². The summed E-state index contributed by atoms with van der Waals surface area (Å²) in [5.74, 6) is -0.818. The Morgan fingerprint density at radius 2 is 2.08 bits per heavy atom. The van der Waals surface area contributed by atoms with Crippen molar-refractivity contribution in [1.82, 2.24) is 0 Å². The van der Waals surface area contributed by atoms with Crippen LogP contribution in [0.5, 0.6) is 0 Å². The van der Waals surface area contributed by atoms with E-state index in [1.807, 2.05) is 6.07 Å². The molecule has 1 aliphatic heterocycles. The lowest BCUT2D eigenvalue weighted by molar-refractivity contribution is -0.120. The molecule has 0 saturated heterocycles. The smallest absolute Gasteiger partial charge is 0.230 e. The SMILES string of the molecule is CC1=C(COCO)OC2c3ccc4c(c3C(=O)C(=O)C12)CCCC4(C)C. The highest BCUT2D eigenvalue weighted by atomic mass is 16.6. The van der Waals surface area contributed by atoms with E-state index in [-0.39, 0.29) is 17.8 Å². The fraction of sp³-hybridized carbons (Fsp3) is 0.524. The molecule has 0 amide bonds. The van der Waals surface area contributed by atoms with Gasteiger partial charge in [-0.2, -0.15) is 0 Å². The minimum atomic E-state index is -0.582. The van der Waals surface area contributed by atoms with Gasteiger partial charge in [-0.25, -0.2) is 0 Å². The van der Waals surface area contributed by atoms with Crippen molar-refractivity contribution in [3.8, 4) is 0 Å². The van der Waals surface area contributed by atoms with Gasteiger partial charge in [0.2, 0.25) is 11.6 Å². The molecule has 0 spiro atoms. The number of ketones is 2. The van der Waals surface area contributed by atoms with Gasteiger partial charge in [0.1, 0.15) is 25.3 Å². The molecule has 0 bridgehead atoms. The number of carbonyl (C=O) groups excluding carboxylic acids is 2. The Bertz CT molecular complexity index is 833. The molecule has 2 atom stereocenters. The van der Waals surface area contributed by atoms with E-state index in [9.17, 15) is 9.59 Å². The average molecular weight is 356 g/mol. The van der Waals surface area contributed by atoms with Gasteiger partial charge in [0.15, 0.2) is 0 Å². The highest BCUT2D eigenvalue weighted by Crippen LogP contribution is 2.49. The zero-order valence-electron chi connectivity index (χ0n) is 15.4. The van der Waals surface area contributed by atoms with Crippen LogP contribution >= 0.6 is 0 Å². The summed E-state index contributed by atoms with van der Waals surface area (Å²) in [6.45, 7) is 5.87. The van der Waals surface area contributed by atoms with Crippen molar-refractivity contribution >= 4 is 11.6 Å². The second-order valence-corrected chi connectivity index (χ2v) is 8.09. The van der Waals surface area contributed by atoms with E-state index in [0.717, 1.165) is 36.0 Å². The fourth-order valence-electron chi connectivity index (χ4n) is 4.75. The molecule has 0 fully saturated rings. The molecule has 1 aromatic rings. The van der Waals surface area contributed by atoms with Gasteiger partial charge in [-0.15, -0.1) is 0 Å². The van der Waals surface area contributed by atoms with Gasteiger partial charge in [-0.3, -0.25) is 9.59 Å². The Morgan fingerprint density at radius 3 is 2.81 bits per heavy atom. The predicted molar refractivity (Wildman–Crippen MR) is 94.8 cm³/mol. The molecule has 26 heavy (non-hydrogen) atoms. The maximum atomic E-state index is 13.0. The van der Waals surface area contributed by atoms with E-state index in [0.29, 0.717) is 11.3 Å². The third-order valence-electron chi connectivity index (χ3n) is 6.15. The van der Waals surface area contributed by atoms with Crippen molar-refractivity contribution in [2.75, 3.05) is 13.4 Å². The number of ether oxygens (including phenoxy) is 2. The molecule has 5 nitrogen and oxygen atoms in total. The quantitative estimate of drug-likeness (QED) is 0.666. The number of Topliss-reactive ketones (excluding diaryl/α,β-unsaturated/α-hetero) is 2. The molecule has 0 radical (unpaired) electrons. The molecule has 3 aliphatic rings. The molecule has 1 aromatic carbocycles. The van der Waals surface area contributed by atoms with Crippen molar-refractivity contribution in [1.29, 1.82) is 0 Å². The summed E-state index contributed by atoms with van der Waals surface area (Å²) >= 11 is 0. The monoisotopic (exact) mass is 356 g/mol. The second kappa shape index (κ2) is 6.03. The molecule has 2 aliphatic carbocycles. The first-order chi connectivity index (χ1) is 12.4. The Kier molecular flexibility index (Phi) is 4.04. The first kappa shape index (κ1) is 17.4. The van der Waals surface area contributed by atoms with E-state index < -0.39 is 24.6 Å². The van der Waals surface area contributed by atoms with Gasteiger partial charge in [0.05, 0.1) is 5.92 Å². The molecule has 1 heterocycles. The predicted octanol–water partition coefficient (Wildman–Crippen LogP) is 2.99. The summed E-state index contributed by atoms with van der Waals surface area (Å²) < 4.78 is 11.1. The number of aliphatic hydroxyl groups is 1. The van der Waals surface area contributed by atoms with E-state index in [1.54, 1.807) is 6.92 Å². The summed E-state index contributed by atoms with van der Waals surface area (Å²) in [4.78, 5) is 25.9. The standard InChI is InChI=1S/C21H24O5/c1-11-15(9-25-10-22)26-20-13-6-7-14-12(5-4-8-21(14,2)3)17(13)19(24)18(23)16(11)20/h6-7,16,20,22H,4-5,8-10H2,1-3H3. The van der Waals surface area contributed by atoms with Crippen LogP contribution in [0.25, 0.3) is 0 Å². The molecule has 5 heteroatoms. The van der Waals surface area contributed by atoms with Crippen LogP contribution in [0.15, 0.2) is 23.5 Å². The normalized spacial score (nSPS) is 26.3. The molecule has 0 saturated carbocycles.